The van der Waals surface area contributed by atoms with Crippen molar-refractivity contribution in [1.82, 2.24) is 10.2 Å². The first-order chi connectivity index (χ1) is 12.2. The third-order valence-corrected chi connectivity index (χ3v) is 6.83. The minimum atomic E-state index is 0.105. The van der Waals surface area contributed by atoms with Crippen LogP contribution < -0.4 is 4.90 Å². The van der Waals surface area contributed by atoms with Crippen LogP contribution in [0, 0.1) is 6.92 Å². The van der Waals surface area contributed by atoms with Crippen molar-refractivity contribution in [3.8, 4) is 0 Å². The molecule has 7 heteroatoms. The van der Waals surface area contributed by atoms with E-state index in [2.05, 4.69) is 22.3 Å². The normalized spacial score (nSPS) is 12.6. The molecule has 0 aliphatic carbocycles. The van der Waals surface area contributed by atoms with E-state index in [0.29, 0.717) is 12.2 Å². The Labute approximate surface area is 158 Å². The molecule has 126 valence electrons. The summed E-state index contributed by atoms with van der Waals surface area (Å²) < 4.78 is 0.917. The molecule has 2 heterocycles. The molecule has 2 aromatic carbocycles. The summed E-state index contributed by atoms with van der Waals surface area (Å²) in [4.78, 5) is 17.1. The molecule has 4 rings (SSSR count). The number of thioether (sulfide) groups is 1. The van der Waals surface area contributed by atoms with Crippen molar-refractivity contribution in [3.63, 3.8) is 0 Å². The van der Waals surface area contributed by atoms with E-state index < -0.39 is 0 Å². The highest BCUT2D eigenvalue weighted by molar-refractivity contribution is 8.01. The summed E-state index contributed by atoms with van der Waals surface area (Å²) in [5.74, 6) is 0.801. The SMILES string of the molecule is Cc1nnc(SCCC(=O)N2c3ccccc3Sc3ccccc32)s1. The van der Waals surface area contributed by atoms with E-state index in [0.717, 1.165) is 30.5 Å². The molecular formula is C18H15N3OS3. The standard InChI is InChI=1S/C18H15N3OS3/c1-12-19-20-18(24-12)23-11-10-17(22)21-13-6-2-4-8-15(13)25-16-9-5-3-7-14(16)21/h2-9H,10-11H2,1H3. The third kappa shape index (κ3) is 3.44. The lowest BCUT2D eigenvalue weighted by Crippen LogP contribution is -2.28. The van der Waals surface area contributed by atoms with Gasteiger partial charge in [0.05, 0.1) is 11.4 Å². The Morgan fingerprint density at radius 1 is 1.04 bits per heavy atom. The van der Waals surface area contributed by atoms with E-state index in [1.807, 2.05) is 48.2 Å². The first-order valence-electron chi connectivity index (χ1n) is 7.84. The van der Waals surface area contributed by atoms with Crippen molar-refractivity contribution in [1.29, 1.82) is 0 Å². The van der Waals surface area contributed by atoms with Gasteiger partial charge in [0.15, 0.2) is 4.34 Å². The molecule has 0 spiro atoms. The molecule has 1 aromatic heterocycles. The van der Waals surface area contributed by atoms with Crippen LogP contribution in [0.15, 0.2) is 62.7 Å². The van der Waals surface area contributed by atoms with E-state index in [9.17, 15) is 4.79 Å². The summed E-state index contributed by atoms with van der Waals surface area (Å²) in [5, 5.41) is 9.06. The quantitative estimate of drug-likeness (QED) is 0.581. The largest absolute Gasteiger partial charge is 0.279 e. The van der Waals surface area contributed by atoms with Crippen LogP contribution in [0.5, 0.6) is 0 Å². The molecule has 1 amide bonds. The maximum atomic E-state index is 13.0. The summed E-state index contributed by atoms with van der Waals surface area (Å²) >= 11 is 4.86. The second-order valence-corrected chi connectivity index (χ2v) is 9.06. The molecule has 1 aliphatic heterocycles. The second kappa shape index (κ2) is 7.19. The van der Waals surface area contributed by atoms with Crippen LogP contribution in [0.3, 0.4) is 0 Å². The number of rotatable bonds is 4. The van der Waals surface area contributed by atoms with Gasteiger partial charge in [-0.15, -0.1) is 10.2 Å². The number of aryl methyl sites for hydroxylation is 1. The minimum Gasteiger partial charge on any atom is -0.279 e. The molecule has 0 bridgehead atoms. The Morgan fingerprint density at radius 3 is 2.28 bits per heavy atom. The van der Waals surface area contributed by atoms with Crippen LogP contribution in [-0.4, -0.2) is 21.9 Å². The number of hydrogen-bond donors (Lipinski definition) is 0. The molecule has 0 saturated carbocycles. The summed E-state index contributed by atoms with van der Waals surface area (Å²) in [5.41, 5.74) is 1.93. The fourth-order valence-electron chi connectivity index (χ4n) is 2.65. The Balaban J connectivity index is 1.55. The molecular weight excluding hydrogens is 370 g/mol. The van der Waals surface area contributed by atoms with E-state index in [-0.39, 0.29) is 5.91 Å². The van der Waals surface area contributed by atoms with Crippen LogP contribution in [0.25, 0.3) is 0 Å². The van der Waals surface area contributed by atoms with Crippen molar-refractivity contribution in [2.24, 2.45) is 0 Å². The smallest absolute Gasteiger partial charge is 0.232 e. The Kier molecular flexibility index (Phi) is 4.78. The molecule has 1 aliphatic rings. The number of hydrogen-bond acceptors (Lipinski definition) is 6. The van der Waals surface area contributed by atoms with Gasteiger partial charge in [-0.3, -0.25) is 9.69 Å². The zero-order valence-electron chi connectivity index (χ0n) is 13.5. The van der Waals surface area contributed by atoms with Gasteiger partial charge < -0.3 is 0 Å². The molecule has 0 N–H and O–H groups in total. The van der Waals surface area contributed by atoms with Crippen molar-refractivity contribution in [2.45, 2.75) is 27.5 Å². The Bertz CT molecular complexity index is 880. The maximum Gasteiger partial charge on any atom is 0.232 e. The molecule has 4 nitrogen and oxygen atoms in total. The summed E-state index contributed by atoms with van der Waals surface area (Å²) in [6.45, 7) is 1.94. The summed E-state index contributed by atoms with van der Waals surface area (Å²) in [6, 6.07) is 16.1. The molecule has 0 saturated heterocycles. The first kappa shape index (κ1) is 16.6. The Morgan fingerprint density at radius 2 is 1.68 bits per heavy atom. The number of benzene rings is 2. The number of anilines is 2. The fraction of sp³-hybridized carbons (Fsp3) is 0.167. The highest BCUT2D eigenvalue weighted by Gasteiger charge is 2.27. The van der Waals surface area contributed by atoms with Gasteiger partial charge in [0.1, 0.15) is 5.01 Å². The van der Waals surface area contributed by atoms with Crippen molar-refractivity contribution >= 4 is 52.1 Å². The highest BCUT2D eigenvalue weighted by Crippen LogP contribution is 2.48. The number of nitrogens with zero attached hydrogens (tertiary/aromatic N) is 3. The molecule has 3 aromatic rings. The maximum absolute atomic E-state index is 13.0. The lowest BCUT2D eigenvalue weighted by atomic mass is 10.2. The second-order valence-electron chi connectivity index (χ2n) is 5.45. The molecule has 0 fully saturated rings. The molecule has 0 unspecified atom stereocenters. The average Bonchev–Trinajstić information content (AvgIpc) is 3.04. The zero-order chi connectivity index (χ0) is 17.2. The van der Waals surface area contributed by atoms with Gasteiger partial charge in [0, 0.05) is 22.0 Å². The topological polar surface area (TPSA) is 46.1 Å². The van der Waals surface area contributed by atoms with E-state index in [1.54, 1.807) is 34.9 Å². The van der Waals surface area contributed by atoms with E-state index >= 15 is 0 Å². The van der Waals surface area contributed by atoms with Gasteiger partial charge in [-0.2, -0.15) is 0 Å². The van der Waals surface area contributed by atoms with Crippen molar-refractivity contribution < 1.29 is 4.79 Å². The lowest BCUT2D eigenvalue weighted by molar-refractivity contribution is -0.117. The van der Waals surface area contributed by atoms with Gasteiger partial charge in [0.2, 0.25) is 5.91 Å². The number of amides is 1. The van der Waals surface area contributed by atoms with Gasteiger partial charge in [-0.05, 0) is 31.2 Å². The number of carbonyl (C=O) groups is 1. The van der Waals surface area contributed by atoms with Crippen LogP contribution in [-0.2, 0) is 4.79 Å². The number of fused-ring (bicyclic) bond motifs is 2. The van der Waals surface area contributed by atoms with Gasteiger partial charge in [-0.1, -0.05) is 59.1 Å². The number of carbonyl (C=O) groups excluding carboxylic acids is 1. The lowest BCUT2D eigenvalue weighted by Gasteiger charge is -2.31. The predicted octanol–water partition coefficient (Wildman–Crippen LogP) is 5.16. The highest BCUT2D eigenvalue weighted by atomic mass is 32.2. The van der Waals surface area contributed by atoms with Crippen LogP contribution in [0.1, 0.15) is 11.4 Å². The van der Waals surface area contributed by atoms with E-state index in [1.165, 1.54) is 0 Å². The summed E-state index contributed by atoms with van der Waals surface area (Å²) in [6.07, 6.45) is 0.455. The number of para-hydroxylation sites is 2. The number of aromatic nitrogens is 2. The molecule has 25 heavy (non-hydrogen) atoms. The average molecular weight is 386 g/mol. The first-order valence-corrected chi connectivity index (χ1v) is 10.5. The monoisotopic (exact) mass is 385 g/mol. The third-order valence-electron chi connectivity index (χ3n) is 3.73. The van der Waals surface area contributed by atoms with Crippen LogP contribution >= 0.6 is 34.9 Å². The van der Waals surface area contributed by atoms with Crippen LogP contribution in [0.2, 0.25) is 0 Å². The molecule has 0 radical (unpaired) electrons. The van der Waals surface area contributed by atoms with Gasteiger partial charge >= 0.3 is 0 Å². The zero-order valence-corrected chi connectivity index (χ0v) is 16.0. The Hall–Kier alpha value is -1.83. The van der Waals surface area contributed by atoms with Crippen molar-refractivity contribution in [2.75, 3.05) is 10.7 Å². The fourth-order valence-corrected chi connectivity index (χ4v) is 5.52. The van der Waals surface area contributed by atoms with Gasteiger partial charge in [-0.25, -0.2) is 0 Å². The van der Waals surface area contributed by atoms with E-state index in [4.69, 9.17) is 0 Å². The van der Waals surface area contributed by atoms with Crippen molar-refractivity contribution in [3.05, 3.63) is 53.5 Å². The summed E-state index contributed by atoms with van der Waals surface area (Å²) in [7, 11) is 0. The predicted molar refractivity (Wildman–Crippen MR) is 104 cm³/mol. The van der Waals surface area contributed by atoms with Crippen LogP contribution in [0.4, 0.5) is 11.4 Å². The minimum absolute atomic E-state index is 0.105. The van der Waals surface area contributed by atoms with Gasteiger partial charge in [0.25, 0.3) is 0 Å². The molecule has 0 atom stereocenters.